The maximum Gasteiger partial charge on any atom is 0.124 e. The minimum absolute atomic E-state index is 0.273. The van der Waals surface area contributed by atoms with Crippen molar-refractivity contribution in [3.63, 3.8) is 0 Å². The van der Waals surface area contributed by atoms with Gasteiger partial charge in [-0.2, -0.15) is 5.26 Å². The highest BCUT2D eigenvalue weighted by atomic mass is 79.9. The second kappa shape index (κ2) is 6.45. The molecule has 102 valence electrons. The highest BCUT2D eigenvalue weighted by Crippen LogP contribution is 2.34. The highest BCUT2D eigenvalue weighted by Gasteiger charge is 2.08. The molecule has 1 N–H and O–H groups in total. The van der Waals surface area contributed by atoms with Gasteiger partial charge in [-0.25, -0.2) is 4.39 Å². The van der Waals surface area contributed by atoms with Crippen molar-refractivity contribution in [2.24, 2.45) is 0 Å². The Morgan fingerprint density at radius 1 is 1.15 bits per heavy atom. The van der Waals surface area contributed by atoms with E-state index in [4.69, 9.17) is 28.5 Å². The molecule has 2 aromatic carbocycles. The monoisotopic (exact) mass is 372 g/mol. The van der Waals surface area contributed by atoms with Crippen LogP contribution in [0.1, 0.15) is 11.1 Å². The summed E-state index contributed by atoms with van der Waals surface area (Å²) in [6.45, 7) is 0.313. The fraction of sp³-hybridized carbons (Fsp3) is 0.0714. The van der Waals surface area contributed by atoms with E-state index in [1.165, 1.54) is 12.1 Å². The van der Waals surface area contributed by atoms with Gasteiger partial charge in [-0.1, -0.05) is 39.1 Å². The first kappa shape index (κ1) is 15.1. The first-order valence-corrected chi connectivity index (χ1v) is 7.12. The van der Waals surface area contributed by atoms with Crippen LogP contribution in [0.4, 0.5) is 10.1 Å². The minimum Gasteiger partial charge on any atom is -0.379 e. The van der Waals surface area contributed by atoms with Crippen molar-refractivity contribution in [2.45, 2.75) is 6.54 Å². The lowest BCUT2D eigenvalue weighted by Gasteiger charge is -2.11. The third-order valence-corrected chi connectivity index (χ3v) is 3.62. The average Bonchev–Trinajstić information content (AvgIpc) is 2.36. The van der Waals surface area contributed by atoms with Crippen LogP contribution in [-0.2, 0) is 6.54 Å². The number of anilines is 1. The van der Waals surface area contributed by atoms with Crippen molar-refractivity contribution >= 4 is 44.8 Å². The van der Waals surface area contributed by atoms with Gasteiger partial charge in [-0.3, -0.25) is 0 Å². The van der Waals surface area contributed by atoms with E-state index in [-0.39, 0.29) is 5.56 Å². The van der Waals surface area contributed by atoms with Crippen LogP contribution < -0.4 is 5.32 Å². The first-order valence-electron chi connectivity index (χ1n) is 5.57. The largest absolute Gasteiger partial charge is 0.379 e. The van der Waals surface area contributed by atoms with Crippen LogP contribution in [0.15, 0.2) is 34.8 Å². The Morgan fingerprint density at radius 2 is 1.80 bits per heavy atom. The quantitative estimate of drug-likeness (QED) is 0.783. The molecule has 0 radical (unpaired) electrons. The topological polar surface area (TPSA) is 35.8 Å². The lowest BCUT2D eigenvalue weighted by atomic mass is 10.1. The Morgan fingerprint density at radius 3 is 2.40 bits per heavy atom. The maximum atomic E-state index is 13.3. The van der Waals surface area contributed by atoms with Crippen LogP contribution >= 0.6 is 39.1 Å². The molecule has 0 saturated carbocycles. The van der Waals surface area contributed by atoms with Gasteiger partial charge in [0.15, 0.2) is 0 Å². The summed E-state index contributed by atoms with van der Waals surface area (Å²) in [7, 11) is 0. The van der Waals surface area contributed by atoms with Gasteiger partial charge in [0.1, 0.15) is 5.82 Å². The molecule has 20 heavy (non-hydrogen) atoms. The lowest BCUT2D eigenvalue weighted by Crippen LogP contribution is -2.01. The van der Waals surface area contributed by atoms with Gasteiger partial charge in [0.2, 0.25) is 0 Å². The molecule has 2 rings (SSSR count). The Bertz CT molecular complexity index is 675. The Balaban J connectivity index is 2.21. The van der Waals surface area contributed by atoms with Gasteiger partial charge in [-0.15, -0.1) is 0 Å². The van der Waals surface area contributed by atoms with E-state index in [9.17, 15) is 4.39 Å². The first-order chi connectivity index (χ1) is 9.49. The Hall–Kier alpha value is -1.28. The van der Waals surface area contributed by atoms with Crippen LogP contribution in [0.2, 0.25) is 10.0 Å². The van der Waals surface area contributed by atoms with Gasteiger partial charge in [-0.05, 0) is 35.9 Å². The van der Waals surface area contributed by atoms with Crippen LogP contribution in [-0.4, -0.2) is 0 Å². The van der Waals surface area contributed by atoms with Gasteiger partial charge in [0, 0.05) is 11.0 Å². The number of benzene rings is 2. The number of hydrogen-bond acceptors (Lipinski definition) is 2. The maximum absolute atomic E-state index is 13.3. The summed E-state index contributed by atoms with van der Waals surface area (Å²) < 4.78 is 14.1. The summed E-state index contributed by atoms with van der Waals surface area (Å²) in [6, 6.07) is 9.48. The molecule has 2 aromatic rings. The van der Waals surface area contributed by atoms with Crippen LogP contribution in [0.5, 0.6) is 0 Å². The van der Waals surface area contributed by atoms with E-state index >= 15 is 0 Å². The van der Waals surface area contributed by atoms with Crippen molar-refractivity contribution in [1.29, 1.82) is 5.26 Å². The summed E-state index contributed by atoms with van der Waals surface area (Å²) in [5.41, 5.74) is 1.48. The smallest absolute Gasteiger partial charge is 0.124 e. The summed E-state index contributed by atoms with van der Waals surface area (Å²) in [5, 5.41) is 12.8. The van der Waals surface area contributed by atoms with Crippen LogP contribution in [0.3, 0.4) is 0 Å². The molecule has 0 unspecified atom stereocenters. The number of nitrogens with one attached hydrogen (secondary N) is 1. The zero-order valence-electron chi connectivity index (χ0n) is 10.1. The predicted molar refractivity (Wildman–Crippen MR) is 82.6 cm³/mol. The molecule has 0 aliphatic carbocycles. The van der Waals surface area contributed by atoms with E-state index < -0.39 is 5.82 Å². The van der Waals surface area contributed by atoms with Gasteiger partial charge >= 0.3 is 0 Å². The average molecular weight is 374 g/mol. The van der Waals surface area contributed by atoms with Crippen molar-refractivity contribution in [3.8, 4) is 6.07 Å². The summed E-state index contributed by atoms with van der Waals surface area (Å²) in [4.78, 5) is 0. The molecule has 0 spiro atoms. The molecular weight excluding hydrogens is 366 g/mol. The number of halogens is 4. The van der Waals surface area contributed by atoms with Crippen molar-refractivity contribution in [1.82, 2.24) is 0 Å². The van der Waals surface area contributed by atoms with E-state index in [1.54, 1.807) is 18.2 Å². The second-order valence-electron chi connectivity index (χ2n) is 4.06. The third-order valence-electron chi connectivity index (χ3n) is 2.56. The summed E-state index contributed by atoms with van der Waals surface area (Å²) in [5.74, 6) is -0.450. The third kappa shape index (κ3) is 3.63. The molecule has 0 aliphatic rings. The zero-order valence-corrected chi connectivity index (χ0v) is 13.2. The van der Waals surface area contributed by atoms with Crippen molar-refractivity contribution in [2.75, 3.05) is 5.32 Å². The van der Waals surface area contributed by atoms with E-state index in [0.717, 1.165) is 4.47 Å². The molecule has 0 aromatic heterocycles. The standard InChI is InChI=1S/C14H8BrCl2FN2/c15-10-4-12(16)14(13(17)5-10)20-7-9-1-8(6-19)2-11(18)3-9/h1-5,20H,7H2. The molecule has 0 amide bonds. The molecule has 0 heterocycles. The molecule has 0 atom stereocenters. The normalized spacial score (nSPS) is 10.2. The lowest BCUT2D eigenvalue weighted by molar-refractivity contribution is 0.625. The van der Waals surface area contributed by atoms with E-state index in [0.29, 0.717) is 27.8 Å². The van der Waals surface area contributed by atoms with Crippen molar-refractivity contribution in [3.05, 3.63) is 61.8 Å². The minimum atomic E-state index is -0.450. The zero-order chi connectivity index (χ0) is 14.7. The van der Waals surface area contributed by atoms with Crippen LogP contribution in [0.25, 0.3) is 0 Å². The number of rotatable bonds is 3. The summed E-state index contributed by atoms with van der Waals surface area (Å²) in [6.07, 6.45) is 0. The Labute approximate surface area is 134 Å². The van der Waals surface area contributed by atoms with Crippen LogP contribution in [0, 0.1) is 17.1 Å². The molecule has 0 aliphatic heterocycles. The molecule has 0 fully saturated rings. The fourth-order valence-electron chi connectivity index (χ4n) is 1.72. The molecule has 6 heteroatoms. The predicted octanol–water partition coefficient (Wildman–Crippen LogP) is 5.38. The fourth-order valence-corrected chi connectivity index (χ4v) is 3.06. The molecule has 2 nitrogen and oxygen atoms in total. The Kier molecular flexibility index (Phi) is 4.87. The van der Waals surface area contributed by atoms with Gasteiger partial charge in [0.25, 0.3) is 0 Å². The number of hydrogen-bond donors (Lipinski definition) is 1. The molecule has 0 saturated heterocycles. The van der Waals surface area contributed by atoms with Gasteiger partial charge < -0.3 is 5.32 Å². The second-order valence-corrected chi connectivity index (χ2v) is 5.79. The highest BCUT2D eigenvalue weighted by molar-refractivity contribution is 9.10. The number of nitrogens with zero attached hydrogens (tertiary/aromatic N) is 1. The van der Waals surface area contributed by atoms with E-state index in [2.05, 4.69) is 21.2 Å². The SMILES string of the molecule is N#Cc1cc(F)cc(CNc2c(Cl)cc(Br)cc2Cl)c1. The summed E-state index contributed by atoms with van der Waals surface area (Å²) >= 11 is 15.5. The van der Waals surface area contributed by atoms with Gasteiger partial charge in [0.05, 0.1) is 27.4 Å². The number of nitriles is 1. The van der Waals surface area contributed by atoms with Crippen molar-refractivity contribution < 1.29 is 4.39 Å². The van der Waals surface area contributed by atoms with E-state index in [1.807, 2.05) is 6.07 Å². The molecular formula is C14H8BrCl2FN2. The molecule has 0 bridgehead atoms.